The molecule has 1 N–H and O–H groups in total. The minimum atomic E-state index is -2.69. The second-order valence-electron chi connectivity index (χ2n) is 4.60. The van der Waals surface area contributed by atoms with Crippen molar-refractivity contribution in [1.29, 1.82) is 0 Å². The zero-order chi connectivity index (χ0) is 16.2. The smallest absolute Gasteiger partial charge is 0.291 e. The molecular weight excluding hydrogens is 324 g/mol. The molecule has 0 fully saturated rings. The fourth-order valence-electron chi connectivity index (χ4n) is 1.90. The van der Waals surface area contributed by atoms with Crippen molar-refractivity contribution in [3.8, 4) is 5.69 Å². The lowest BCUT2D eigenvalue weighted by Gasteiger charge is -2.00. The summed E-state index contributed by atoms with van der Waals surface area (Å²) in [5.41, 5.74) is 1.58. The molecule has 0 atom stereocenters. The second kappa shape index (κ2) is 6.61. The highest BCUT2D eigenvalue weighted by molar-refractivity contribution is 7.15. The molecule has 0 bridgehead atoms. The number of aromatic nitrogens is 4. The van der Waals surface area contributed by atoms with Gasteiger partial charge >= 0.3 is 0 Å². The number of nitrogens with zero attached hydrogens (tertiary/aromatic N) is 4. The first-order chi connectivity index (χ1) is 11.1. The molecule has 1 aromatic carbocycles. The van der Waals surface area contributed by atoms with Crippen LogP contribution in [0, 0.1) is 0 Å². The summed E-state index contributed by atoms with van der Waals surface area (Å²) in [6, 6.07) is 9.46. The molecule has 2 aromatic heterocycles. The van der Waals surface area contributed by atoms with Gasteiger partial charge in [0, 0.05) is 6.20 Å². The van der Waals surface area contributed by atoms with E-state index in [1.807, 2.05) is 30.3 Å². The van der Waals surface area contributed by atoms with Crippen LogP contribution in [0.5, 0.6) is 0 Å². The maximum absolute atomic E-state index is 12.4. The summed E-state index contributed by atoms with van der Waals surface area (Å²) >= 11 is 0.657. The van der Waals surface area contributed by atoms with Gasteiger partial charge < -0.3 is 5.32 Å². The number of para-hydroxylation sites is 1. The van der Waals surface area contributed by atoms with E-state index in [1.165, 1.54) is 0 Å². The SMILES string of the molecule is O=C(Cc1cnn(-c2ccccc2)c1)Nc1nnc(C(F)F)s1. The van der Waals surface area contributed by atoms with Crippen LogP contribution in [-0.2, 0) is 11.2 Å². The zero-order valence-corrected chi connectivity index (χ0v) is 12.5. The van der Waals surface area contributed by atoms with Crippen molar-refractivity contribution in [3.63, 3.8) is 0 Å². The Morgan fingerprint density at radius 1 is 1.26 bits per heavy atom. The molecule has 2 heterocycles. The third-order valence-electron chi connectivity index (χ3n) is 2.90. The highest BCUT2D eigenvalue weighted by Crippen LogP contribution is 2.25. The summed E-state index contributed by atoms with van der Waals surface area (Å²) < 4.78 is 26.5. The summed E-state index contributed by atoms with van der Waals surface area (Å²) in [4.78, 5) is 11.9. The minimum absolute atomic E-state index is 0.0563. The Kier molecular flexibility index (Phi) is 4.38. The van der Waals surface area contributed by atoms with Crippen LogP contribution in [0.4, 0.5) is 13.9 Å². The van der Waals surface area contributed by atoms with Crippen molar-refractivity contribution in [2.24, 2.45) is 0 Å². The first kappa shape index (κ1) is 15.2. The highest BCUT2D eigenvalue weighted by atomic mass is 32.1. The molecule has 0 spiro atoms. The summed E-state index contributed by atoms with van der Waals surface area (Å²) in [5, 5.41) is 13.1. The molecular formula is C14H11F2N5OS. The maximum atomic E-state index is 12.4. The largest absolute Gasteiger partial charge is 0.300 e. The van der Waals surface area contributed by atoms with Gasteiger partial charge in [0.25, 0.3) is 6.43 Å². The molecule has 118 valence electrons. The molecule has 0 unspecified atom stereocenters. The predicted octanol–water partition coefficient (Wildman–Crippen LogP) is 2.84. The lowest BCUT2D eigenvalue weighted by molar-refractivity contribution is -0.115. The van der Waals surface area contributed by atoms with E-state index in [1.54, 1.807) is 17.1 Å². The Morgan fingerprint density at radius 2 is 2.04 bits per heavy atom. The van der Waals surface area contributed by atoms with E-state index in [-0.39, 0.29) is 17.5 Å². The fourth-order valence-corrected chi connectivity index (χ4v) is 2.51. The number of carbonyl (C=O) groups excluding carboxylic acids is 1. The van der Waals surface area contributed by atoms with Gasteiger partial charge in [-0.3, -0.25) is 4.79 Å². The van der Waals surface area contributed by atoms with Crippen LogP contribution >= 0.6 is 11.3 Å². The van der Waals surface area contributed by atoms with Gasteiger partial charge in [-0.05, 0) is 17.7 Å². The Labute approximate surface area is 133 Å². The van der Waals surface area contributed by atoms with Gasteiger partial charge in [-0.1, -0.05) is 29.5 Å². The van der Waals surface area contributed by atoms with Crippen molar-refractivity contribution in [3.05, 3.63) is 53.3 Å². The maximum Gasteiger partial charge on any atom is 0.291 e. The van der Waals surface area contributed by atoms with Crippen LogP contribution in [0.3, 0.4) is 0 Å². The lowest BCUT2D eigenvalue weighted by Crippen LogP contribution is -2.13. The van der Waals surface area contributed by atoms with Gasteiger partial charge in [0.15, 0.2) is 5.01 Å². The van der Waals surface area contributed by atoms with E-state index < -0.39 is 11.4 Å². The van der Waals surface area contributed by atoms with Gasteiger partial charge in [-0.15, -0.1) is 10.2 Å². The molecule has 0 aliphatic heterocycles. The number of benzene rings is 1. The van der Waals surface area contributed by atoms with E-state index in [0.29, 0.717) is 16.9 Å². The van der Waals surface area contributed by atoms with Crippen molar-refractivity contribution in [2.45, 2.75) is 12.8 Å². The van der Waals surface area contributed by atoms with Crippen molar-refractivity contribution >= 4 is 22.4 Å². The normalized spacial score (nSPS) is 10.9. The number of hydrogen-bond donors (Lipinski definition) is 1. The third-order valence-corrected chi connectivity index (χ3v) is 3.74. The van der Waals surface area contributed by atoms with E-state index >= 15 is 0 Å². The summed E-state index contributed by atoms with van der Waals surface area (Å²) in [7, 11) is 0. The average Bonchev–Trinajstić information content (AvgIpc) is 3.18. The Morgan fingerprint density at radius 3 is 2.74 bits per heavy atom. The molecule has 3 aromatic rings. The summed E-state index contributed by atoms with van der Waals surface area (Å²) in [6.45, 7) is 0. The van der Waals surface area contributed by atoms with Gasteiger partial charge in [-0.2, -0.15) is 5.10 Å². The van der Waals surface area contributed by atoms with Crippen molar-refractivity contribution < 1.29 is 13.6 Å². The monoisotopic (exact) mass is 335 g/mol. The van der Waals surface area contributed by atoms with Crippen LogP contribution < -0.4 is 5.32 Å². The van der Waals surface area contributed by atoms with Crippen LogP contribution in [0.25, 0.3) is 5.69 Å². The van der Waals surface area contributed by atoms with Gasteiger partial charge in [0.1, 0.15) is 0 Å². The Hall–Kier alpha value is -2.68. The van der Waals surface area contributed by atoms with Crippen LogP contribution in [0.15, 0.2) is 42.7 Å². The molecule has 0 aliphatic rings. The predicted molar refractivity (Wildman–Crippen MR) is 80.8 cm³/mol. The summed E-state index contributed by atoms with van der Waals surface area (Å²) in [5.74, 6) is -0.366. The molecule has 9 heteroatoms. The first-order valence-corrected chi connectivity index (χ1v) is 7.44. The number of hydrogen-bond acceptors (Lipinski definition) is 5. The summed E-state index contributed by atoms with van der Waals surface area (Å²) in [6.07, 6.45) is 0.690. The number of carbonyl (C=O) groups is 1. The van der Waals surface area contributed by atoms with Crippen molar-refractivity contribution in [1.82, 2.24) is 20.0 Å². The number of nitrogens with one attached hydrogen (secondary N) is 1. The van der Waals surface area contributed by atoms with Crippen LogP contribution in [0.1, 0.15) is 17.0 Å². The Bertz CT molecular complexity index is 802. The van der Waals surface area contributed by atoms with Gasteiger partial charge in [0.2, 0.25) is 11.0 Å². The molecule has 1 amide bonds. The quantitative estimate of drug-likeness (QED) is 0.778. The van der Waals surface area contributed by atoms with E-state index in [4.69, 9.17) is 0 Å². The molecule has 23 heavy (non-hydrogen) atoms. The number of anilines is 1. The molecule has 6 nitrogen and oxygen atoms in total. The molecule has 3 rings (SSSR count). The lowest BCUT2D eigenvalue weighted by atomic mass is 10.2. The van der Waals surface area contributed by atoms with Crippen LogP contribution in [-0.4, -0.2) is 25.9 Å². The number of halogens is 2. The zero-order valence-electron chi connectivity index (χ0n) is 11.7. The third kappa shape index (κ3) is 3.75. The Balaban J connectivity index is 1.63. The molecule has 0 saturated carbocycles. The fraction of sp³-hybridized carbons (Fsp3) is 0.143. The highest BCUT2D eigenvalue weighted by Gasteiger charge is 2.15. The van der Waals surface area contributed by atoms with Crippen molar-refractivity contribution in [2.75, 3.05) is 5.32 Å². The number of rotatable bonds is 5. The standard InChI is InChI=1S/C14H11F2N5OS/c15-12(16)13-19-20-14(23-13)18-11(22)6-9-7-17-21(8-9)10-4-2-1-3-5-10/h1-5,7-8,12H,6H2,(H,18,20,22). The number of amides is 1. The first-order valence-electron chi connectivity index (χ1n) is 6.62. The molecule has 0 radical (unpaired) electrons. The van der Waals surface area contributed by atoms with Gasteiger partial charge in [0.05, 0.1) is 18.3 Å². The molecule has 0 aliphatic carbocycles. The van der Waals surface area contributed by atoms with E-state index in [0.717, 1.165) is 5.69 Å². The van der Waals surface area contributed by atoms with Gasteiger partial charge in [-0.25, -0.2) is 13.5 Å². The minimum Gasteiger partial charge on any atom is -0.300 e. The topological polar surface area (TPSA) is 72.7 Å². The van der Waals surface area contributed by atoms with E-state index in [2.05, 4.69) is 20.6 Å². The average molecular weight is 335 g/mol. The van der Waals surface area contributed by atoms with E-state index in [9.17, 15) is 13.6 Å². The molecule has 0 saturated heterocycles. The number of alkyl halides is 2. The second-order valence-corrected chi connectivity index (χ2v) is 5.61. The van der Waals surface area contributed by atoms with Crippen LogP contribution in [0.2, 0.25) is 0 Å².